The summed E-state index contributed by atoms with van der Waals surface area (Å²) in [5.74, 6) is 0.774. The van der Waals surface area contributed by atoms with Gasteiger partial charge in [-0.1, -0.05) is 45.0 Å². The molecule has 1 fully saturated rings. The van der Waals surface area contributed by atoms with E-state index in [1.165, 1.54) is 11.1 Å². The first kappa shape index (κ1) is 23.0. The van der Waals surface area contributed by atoms with E-state index >= 15 is 0 Å². The van der Waals surface area contributed by atoms with Crippen molar-refractivity contribution in [2.24, 2.45) is 4.99 Å². The number of carbonyl (C=O) groups is 1. The molecule has 1 heterocycles. The molecule has 0 spiro atoms. The van der Waals surface area contributed by atoms with E-state index in [0.717, 1.165) is 45.0 Å². The molecule has 6 nitrogen and oxygen atoms in total. The molecule has 1 aliphatic rings. The van der Waals surface area contributed by atoms with Gasteiger partial charge in [0.25, 0.3) is 5.91 Å². The molecule has 0 radical (unpaired) electrons. The largest absolute Gasteiger partial charge is 0.379 e. The molecular formula is C25H34N4O2. The van der Waals surface area contributed by atoms with Crippen LogP contribution >= 0.6 is 0 Å². The molecule has 0 unspecified atom stereocenters. The standard InChI is InChI=1S/C25H34N4O2/c1-4-20-5-7-22(8-6-20)24(30)28-25(26-13-14-29-15-17-31-18-16-29)27-23-11-9-21(10-12-23)19(2)3/h5-12,19H,4,13-18H2,1-3H3,(H2,26,27,28,30). The second-order valence-electron chi connectivity index (χ2n) is 8.09. The number of guanidine groups is 1. The highest BCUT2D eigenvalue weighted by molar-refractivity contribution is 6.09. The average molecular weight is 423 g/mol. The van der Waals surface area contributed by atoms with E-state index in [0.29, 0.717) is 24.0 Å². The smallest absolute Gasteiger partial charge is 0.257 e. The molecule has 1 saturated heterocycles. The van der Waals surface area contributed by atoms with Crippen molar-refractivity contribution in [3.8, 4) is 0 Å². The van der Waals surface area contributed by atoms with Crippen LogP contribution in [0.4, 0.5) is 5.69 Å². The Morgan fingerprint density at radius 1 is 1.06 bits per heavy atom. The van der Waals surface area contributed by atoms with Crippen LogP contribution in [-0.2, 0) is 11.2 Å². The molecule has 2 aromatic rings. The van der Waals surface area contributed by atoms with E-state index in [9.17, 15) is 4.79 Å². The van der Waals surface area contributed by atoms with E-state index in [1.54, 1.807) is 0 Å². The Labute approximate surface area is 185 Å². The van der Waals surface area contributed by atoms with Crippen molar-refractivity contribution in [2.45, 2.75) is 33.1 Å². The Hall–Kier alpha value is -2.70. The zero-order valence-corrected chi connectivity index (χ0v) is 18.9. The molecule has 2 aromatic carbocycles. The molecule has 1 aliphatic heterocycles. The second kappa shape index (κ2) is 11.6. The lowest BCUT2D eigenvalue weighted by molar-refractivity contribution is 0.0394. The second-order valence-corrected chi connectivity index (χ2v) is 8.09. The summed E-state index contributed by atoms with van der Waals surface area (Å²) in [6, 6.07) is 15.9. The normalized spacial score (nSPS) is 15.2. The van der Waals surface area contributed by atoms with Gasteiger partial charge in [0.2, 0.25) is 5.96 Å². The van der Waals surface area contributed by atoms with Crippen LogP contribution in [0.5, 0.6) is 0 Å². The van der Waals surface area contributed by atoms with Crippen LogP contribution in [0.25, 0.3) is 0 Å². The zero-order chi connectivity index (χ0) is 22.1. The Bertz CT molecular complexity index is 854. The molecule has 0 atom stereocenters. The molecule has 1 amide bonds. The summed E-state index contributed by atoms with van der Waals surface area (Å²) in [5, 5.41) is 6.23. The van der Waals surface area contributed by atoms with Crippen molar-refractivity contribution in [1.29, 1.82) is 0 Å². The summed E-state index contributed by atoms with van der Waals surface area (Å²) in [5.41, 5.74) is 4.00. The maximum absolute atomic E-state index is 12.8. The monoisotopic (exact) mass is 422 g/mol. The van der Waals surface area contributed by atoms with Crippen LogP contribution in [0.1, 0.15) is 48.2 Å². The van der Waals surface area contributed by atoms with Gasteiger partial charge in [-0.2, -0.15) is 0 Å². The van der Waals surface area contributed by atoms with Gasteiger partial charge in [-0.05, 0) is 47.7 Å². The number of rotatable bonds is 7. The Balaban J connectivity index is 1.68. The van der Waals surface area contributed by atoms with Crippen LogP contribution in [0.3, 0.4) is 0 Å². The quantitative estimate of drug-likeness (QED) is 0.525. The number of ether oxygens (including phenoxy) is 1. The third-order valence-electron chi connectivity index (χ3n) is 5.49. The number of nitrogens with zero attached hydrogens (tertiary/aromatic N) is 2. The molecule has 0 aliphatic carbocycles. The van der Waals surface area contributed by atoms with Gasteiger partial charge >= 0.3 is 0 Å². The lowest BCUT2D eigenvalue weighted by Crippen LogP contribution is -2.39. The fraction of sp³-hybridized carbons (Fsp3) is 0.440. The number of anilines is 1. The van der Waals surface area contributed by atoms with Crippen LogP contribution < -0.4 is 10.6 Å². The lowest BCUT2D eigenvalue weighted by atomic mass is 10.0. The number of hydrogen-bond donors (Lipinski definition) is 2. The molecule has 6 heteroatoms. The zero-order valence-electron chi connectivity index (χ0n) is 18.9. The van der Waals surface area contributed by atoms with Crippen molar-refractivity contribution in [3.63, 3.8) is 0 Å². The number of morpholine rings is 1. The fourth-order valence-electron chi connectivity index (χ4n) is 3.40. The SMILES string of the molecule is CCc1ccc(C(=O)NC(=NCCN2CCOCC2)Nc2ccc(C(C)C)cc2)cc1. The Kier molecular flexibility index (Phi) is 8.62. The average Bonchev–Trinajstić information content (AvgIpc) is 2.80. The lowest BCUT2D eigenvalue weighted by Gasteiger charge is -2.25. The van der Waals surface area contributed by atoms with Crippen LogP contribution in [0.15, 0.2) is 53.5 Å². The molecule has 31 heavy (non-hydrogen) atoms. The van der Waals surface area contributed by atoms with E-state index in [4.69, 9.17) is 4.74 Å². The van der Waals surface area contributed by atoms with Gasteiger partial charge in [-0.25, -0.2) is 0 Å². The Morgan fingerprint density at radius 3 is 2.35 bits per heavy atom. The third-order valence-corrected chi connectivity index (χ3v) is 5.49. The van der Waals surface area contributed by atoms with Gasteiger partial charge in [-0.3, -0.25) is 20.0 Å². The van der Waals surface area contributed by atoms with E-state index < -0.39 is 0 Å². The molecular weight excluding hydrogens is 388 g/mol. The summed E-state index contributed by atoms with van der Waals surface area (Å²) >= 11 is 0. The highest BCUT2D eigenvalue weighted by Crippen LogP contribution is 2.17. The van der Waals surface area contributed by atoms with Crippen LogP contribution in [0.2, 0.25) is 0 Å². The van der Waals surface area contributed by atoms with Crippen molar-refractivity contribution >= 4 is 17.6 Å². The highest BCUT2D eigenvalue weighted by atomic mass is 16.5. The summed E-state index contributed by atoms with van der Waals surface area (Å²) in [6.07, 6.45) is 0.948. The number of carbonyl (C=O) groups excluding carboxylic acids is 1. The van der Waals surface area contributed by atoms with Gasteiger partial charge in [0, 0.05) is 30.9 Å². The summed E-state index contributed by atoms with van der Waals surface area (Å²) in [7, 11) is 0. The summed E-state index contributed by atoms with van der Waals surface area (Å²) in [4.78, 5) is 19.8. The first-order valence-electron chi connectivity index (χ1n) is 11.2. The predicted molar refractivity (Wildman–Crippen MR) is 127 cm³/mol. The van der Waals surface area contributed by atoms with Crippen molar-refractivity contribution in [3.05, 3.63) is 65.2 Å². The molecule has 0 aromatic heterocycles. The summed E-state index contributed by atoms with van der Waals surface area (Å²) in [6.45, 7) is 11.3. The number of aryl methyl sites for hydroxylation is 1. The van der Waals surface area contributed by atoms with Crippen molar-refractivity contribution in [1.82, 2.24) is 10.2 Å². The van der Waals surface area contributed by atoms with E-state index in [-0.39, 0.29) is 5.91 Å². The molecule has 166 valence electrons. The van der Waals surface area contributed by atoms with Gasteiger partial charge in [0.1, 0.15) is 0 Å². The van der Waals surface area contributed by atoms with E-state index in [1.807, 2.05) is 36.4 Å². The molecule has 3 rings (SSSR count). The van der Waals surface area contributed by atoms with Crippen molar-refractivity contribution in [2.75, 3.05) is 44.7 Å². The van der Waals surface area contributed by atoms with E-state index in [2.05, 4.69) is 53.4 Å². The number of amides is 1. The summed E-state index contributed by atoms with van der Waals surface area (Å²) < 4.78 is 5.40. The predicted octanol–water partition coefficient (Wildman–Crippen LogP) is 3.90. The minimum atomic E-state index is -0.168. The number of aliphatic imine (C=N–C) groups is 1. The Morgan fingerprint density at radius 2 is 1.74 bits per heavy atom. The van der Waals surface area contributed by atoms with Crippen LogP contribution in [0, 0.1) is 0 Å². The number of nitrogens with one attached hydrogen (secondary N) is 2. The maximum atomic E-state index is 12.8. The fourth-order valence-corrected chi connectivity index (χ4v) is 3.40. The van der Waals surface area contributed by atoms with Gasteiger partial charge in [0.05, 0.1) is 19.8 Å². The number of benzene rings is 2. The third kappa shape index (κ3) is 7.19. The van der Waals surface area contributed by atoms with Crippen LogP contribution in [-0.4, -0.2) is 56.2 Å². The number of hydrogen-bond acceptors (Lipinski definition) is 4. The molecule has 2 N–H and O–H groups in total. The first-order valence-corrected chi connectivity index (χ1v) is 11.2. The molecule has 0 saturated carbocycles. The minimum absolute atomic E-state index is 0.168. The van der Waals surface area contributed by atoms with Gasteiger partial charge in [0.15, 0.2) is 0 Å². The van der Waals surface area contributed by atoms with Gasteiger partial charge in [-0.15, -0.1) is 0 Å². The minimum Gasteiger partial charge on any atom is -0.379 e. The first-order chi connectivity index (χ1) is 15.0. The topological polar surface area (TPSA) is 66.0 Å². The maximum Gasteiger partial charge on any atom is 0.257 e. The van der Waals surface area contributed by atoms with Crippen molar-refractivity contribution < 1.29 is 9.53 Å². The highest BCUT2D eigenvalue weighted by Gasteiger charge is 2.12. The molecule has 0 bridgehead atoms. The van der Waals surface area contributed by atoms with Gasteiger partial charge < -0.3 is 10.1 Å².